The predicted octanol–water partition coefficient (Wildman–Crippen LogP) is 6.68. The molecule has 1 amide bonds. The van der Waals surface area contributed by atoms with Crippen molar-refractivity contribution in [2.45, 2.75) is 38.6 Å². The topological polar surface area (TPSA) is 85.9 Å². The molecule has 0 spiro atoms. The second-order valence-corrected chi connectivity index (χ2v) is 10.9. The lowest BCUT2D eigenvalue weighted by molar-refractivity contribution is -0.141. The van der Waals surface area contributed by atoms with Crippen molar-refractivity contribution >= 4 is 28.8 Å². The van der Waals surface area contributed by atoms with Gasteiger partial charge in [-0.2, -0.15) is 0 Å². The number of fused-ring (bicyclic) bond motifs is 2. The van der Waals surface area contributed by atoms with E-state index >= 15 is 0 Å². The molecule has 0 bridgehead atoms. The van der Waals surface area contributed by atoms with Crippen molar-refractivity contribution in [3.8, 4) is 5.75 Å². The molecule has 1 atom stereocenters. The van der Waals surface area contributed by atoms with Gasteiger partial charge in [-0.15, -0.1) is 0 Å². The van der Waals surface area contributed by atoms with E-state index in [1.807, 2.05) is 56.3 Å². The molecule has 4 aromatic carbocycles. The van der Waals surface area contributed by atoms with Gasteiger partial charge in [0, 0.05) is 28.1 Å². The Hall–Kier alpha value is -4.53. The first kappa shape index (κ1) is 27.6. The summed E-state index contributed by atoms with van der Waals surface area (Å²) < 4.78 is 31.9. The highest BCUT2D eigenvalue weighted by molar-refractivity contribution is 6.11. The number of nitrogens with one attached hydrogen (secondary N) is 2. The summed E-state index contributed by atoms with van der Waals surface area (Å²) in [7, 11) is 0. The van der Waals surface area contributed by atoms with Gasteiger partial charge in [-0.25, -0.2) is 4.39 Å². The number of aryl methyl sites for hydroxylation is 2. The normalized spacial score (nSPS) is 17.1. The van der Waals surface area contributed by atoms with Crippen molar-refractivity contribution in [3.05, 3.63) is 119 Å². The SMILES string of the molecule is CC1(C)OC[C@@H](COc2ccc3c(c2)C(=O)c2ccc(Nc4ccc(F)c(NC(=O)c5ccccc5)c4)cc2CC3)O1. The Bertz CT molecular complexity index is 1650. The molecule has 42 heavy (non-hydrogen) atoms. The van der Waals surface area contributed by atoms with Crippen LogP contribution in [0.5, 0.6) is 5.75 Å². The van der Waals surface area contributed by atoms with E-state index in [1.54, 1.807) is 36.4 Å². The maximum absolute atomic E-state index is 14.5. The molecule has 2 N–H and O–H groups in total. The fraction of sp³-hybridized carbons (Fsp3) is 0.235. The minimum absolute atomic E-state index is 0.0521. The van der Waals surface area contributed by atoms with Gasteiger partial charge in [-0.05, 0) is 98.5 Å². The molecule has 1 saturated heterocycles. The zero-order valence-electron chi connectivity index (χ0n) is 23.4. The Morgan fingerprint density at radius 2 is 1.69 bits per heavy atom. The van der Waals surface area contributed by atoms with Crippen LogP contribution in [-0.2, 0) is 22.3 Å². The van der Waals surface area contributed by atoms with E-state index < -0.39 is 17.5 Å². The van der Waals surface area contributed by atoms with Gasteiger partial charge in [-0.3, -0.25) is 9.59 Å². The first-order valence-electron chi connectivity index (χ1n) is 13.9. The number of amides is 1. The third kappa shape index (κ3) is 6.05. The molecule has 1 aliphatic heterocycles. The third-order valence-electron chi connectivity index (χ3n) is 7.38. The largest absolute Gasteiger partial charge is 0.491 e. The van der Waals surface area contributed by atoms with E-state index in [1.165, 1.54) is 6.07 Å². The highest BCUT2D eigenvalue weighted by atomic mass is 19.1. The number of carbonyl (C=O) groups excluding carboxylic acids is 2. The summed E-state index contributed by atoms with van der Waals surface area (Å²) in [5.74, 6) is -0.987. The summed E-state index contributed by atoms with van der Waals surface area (Å²) in [6.07, 6.45) is 1.23. The summed E-state index contributed by atoms with van der Waals surface area (Å²) in [6.45, 7) is 4.54. The van der Waals surface area contributed by atoms with Crippen LogP contribution in [0.4, 0.5) is 21.5 Å². The second-order valence-electron chi connectivity index (χ2n) is 10.9. The maximum atomic E-state index is 14.5. The molecule has 1 fully saturated rings. The number of hydrogen-bond acceptors (Lipinski definition) is 6. The maximum Gasteiger partial charge on any atom is 0.255 e. The lowest BCUT2D eigenvalue weighted by atomic mass is 9.98. The Kier molecular flexibility index (Phi) is 7.49. The van der Waals surface area contributed by atoms with Crippen LogP contribution < -0.4 is 15.4 Å². The number of carbonyl (C=O) groups is 2. The van der Waals surface area contributed by atoms with Gasteiger partial charge < -0.3 is 24.8 Å². The summed E-state index contributed by atoms with van der Waals surface area (Å²) in [5, 5.41) is 5.92. The smallest absolute Gasteiger partial charge is 0.255 e. The Balaban J connectivity index is 1.16. The number of halogens is 1. The summed E-state index contributed by atoms with van der Waals surface area (Å²) in [5.41, 5.74) is 5.03. The van der Waals surface area contributed by atoms with Gasteiger partial charge in [0.1, 0.15) is 24.3 Å². The van der Waals surface area contributed by atoms with Gasteiger partial charge >= 0.3 is 0 Å². The zero-order chi connectivity index (χ0) is 29.3. The van der Waals surface area contributed by atoms with Crippen molar-refractivity contribution in [2.75, 3.05) is 23.8 Å². The average molecular weight is 567 g/mol. The summed E-state index contributed by atoms with van der Waals surface area (Å²) >= 11 is 0. The van der Waals surface area contributed by atoms with Crippen LogP contribution in [0, 0.1) is 5.82 Å². The molecular formula is C34H31FN2O5. The lowest BCUT2D eigenvalue weighted by Crippen LogP contribution is -2.25. The van der Waals surface area contributed by atoms with Gasteiger partial charge in [0.25, 0.3) is 5.91 Å². The van der Waals surface area contributed by atoms with Crippen LogP contribution in [0.2, 0.25) is 0 Å². The lowest BCUT2D eigenvalue weighted by Gasteiger charge is -2.17. The molecule has 4 aromatic rings. The Labute approximate surface area is 243 Å². The standard InChI is InChI=1S/C34H31FN2O5/c1-34(2)41-20-27(42-34)19-40-26-13-10-21-8-9-23-16-24(11-14-28(23)32(38)29(21)18-26)36-25-12-15-30(35)31(17-25)37-33(39)22-6-4-3-5-7-22/h3-7,10-18,27,36H,8-9,19-20H2,1-2H3,(H,37,39)/t27-/m1/s1. The molecule has 7 nitrogen and oxygen atoms in total. The van der Waals surface area contributed by atoms with Gasteiger partial charge in [0.15, 0.2) is 11.6 Å². The van der Waals surface area contributed by atoms with Gasteiger partial charge in [-0.1, -0.05) is 24.3 Å². The van der Waals surface area contributed by atoms with E-state index in [4.69, 9.17) is 14.2 Å². The number of ether oxygens (including phenoxy) is 3. The van der Waals surface area contributed by atoms with Crippen LogP contribution in [0.25, 0.3) is 0 Å². The first-order valence-corrected chi connectivity index (χ1v) is 13.9. The molecule has 0 aromatic heterocycles. The quantitative estimate of drug-likeness (QED) is 0.260. The van der Waals surface area contributed by atoms with Crippen molar-refractivity contribution in [2.24, 2.45) is 0 Å². The minimum atomic E-state index is -0.619. The highest BCUT2D eigenvalue weighted by Gasteiger charge is 2.33. The second kappa shape index (κ2) is 11.4. The first-order chi connectivity index (χ1) is 20.2. The molecule has 0 radical (unpaired) electrons. The number of anilines is 3. The number of benzene rings is 4. The molecule has 1 aliphatic carbocycles. The predicted molar refractivity (Wildman–Crippen MR) is 158 cm³/mol. The molecule has 1 heterocycles. The number of rotatable bonds is 7. The average Bonchev–Trinajstić information content (AvgIpc) is 3.28. The molecule has 214 valence electrons. The van der Waals surface area contributed by atoms with E-state index in [0.717, 1.165) is 16.8 Å². The fourth-order valence-electron chi connectivity index (χ4n) is 5.27. The van der Waals surface area contributed by atoms with Crippen molar-refractivity contribution in [1.82, 2.24) is 0 Å². The van der Waals surface area contributed by atoms with Crippen LogP contribution in [0.15, 0.2) is 84.9 Å². The van der Waals surface area contributed by atoms with Crippen LogP contribution in [-0.4, -0.2) is 36.8 Å². The van der Waals surface area contributed by atoms with Crippen LogP contribution >= 0.6 is 0 Å². The Morgan fingerprint density at radius 3 is 2.48 bits per heavy atom. The monoisotopic (exact) mass is 566 g/mol. The Morgan fingerprint density at radius 1 is 0.929 bits per heavy atom. The molecule has 2 aliphatic rings. The fourth-order valence-corrected chi connectivity index (χ4v) is 5.27. The molecule has 0 unspecified atom stereocenters. The van der Waals surface area contributed by atoms with Gasteiger partial charge in [0.2, 0.25) is 0 Å². The van der Waals surface area contributed by atoms with E-state index in [2.05, 4.69) is 10.6 Å². The molecular weight excluding hydrogens is 535 g/mol. The van der Waals surface area contributed by atoms with E-state index in [0.29, 0.717) is 54.2 Å². The van der Waals surface area contributed by atoms with Crippen LogP contribution in [0.1, 0.15) is 51.3 Å². The van der Waals surface area contributed by atoms with Crippen molar-refractivity contribution < 1.29 is 28.2 Å². The van der Waals surface area contributed by atoms with Crippen LogP contribution in [0.3, 0.4) is 0 Å². The minimum Gasteiger partial charge on any atom is -0.491 e. The van der Waals surface area contributed by atoms with Crippen molar-refractivity contribution in [1.29, 1.82) is 0 Å². The van der Waals surface area contributed by atoms with E-state index in [9.17, 15) is 14.0 Å². The van der Waals surface area contributed by atoms with E-state index in [-0.39, 0.29) is 17.6 Å². The number of hydrogen-bond donors (Lipinski definition) is 2. The van der Waals surface area contributed by atoms with Gasteiger partial charge in [0.05, 0.1) is 12.3 Å². The summed E-state index contributed by atoms with van der Waals surface area (Å²) in [4.78, 5) is 26.1. The van der Waals surface area contributed by atoms with Crippen molar-refractivity contribution in [3.63, 3.8) is 0 Å². The molecule has 6 rings (SSSR count). The number of ketones is 1. The zero-order valence-corrected chi connectivity index (χ0v) is 23.4. The molecule has 8 heteroatoms. The highest BCUT2D eigenvalue weighted by Crippen LogP contribution is 2.31. The summed E-state index contributed by atoms with van der Waals surface area (Å²) in [6, 6.07) is 24.3. The third-order valence-corrected chi connectivity index (χ3v) is 7.38. The molecule has 0 saturated carbocycles.